The van der Waals surface area contributed by atoms with E-state index in [-0.39, 0.29) is 11.6 Å². The number of rotatable bonds is 4. The van der Waals surface area contributed by atoms with Crippen molar-refractivity contribution in [3.05, 3.63) is 35.4 Å². The van der Waals surface area contributed by atoms with E-state index < -0.39 is 9.84 Å². The van der Waals surface area contributed by atoms with Crippen molar-refractivity contribution >= 4 is 15.7 Å². The van der Waals surface area contributed by atoms with Crippen molar-refractivity contribution in [1.82, 2.24) is 0 Å². The molecule has 88 valence electrons. The van der Waals surface area contributed by atoms with Gasteiger partial charge in [0.05, 0.1) is 5.75 Å². The monoisotopic (exact) mass is 242 g/mol. The summed E-state index contributed by atoms with van der Waals surface area (Å²) < 4.78 is 22.2. The van der Waals surface area contributed by atoms with Gasteiger partial charge in [0.15, 0.2) is 9.84 Å². The van der Waals surface area contributed by atoms with Crippen LogP contribution in [-0.4, -0.2) is 25.7 Å². The maximum atomic E-state index is 11.1. The number of hydrogen-bond donors (Lipinski definition) is 2. The Morgan fingerprint density at radius 1 is 1.44 bits per heavy atom. The molecule has 0 unspecified atom stereocenters. The smallest absolute Gasteiger partial charge is 0.151 e. The fourth-order valence-corrected chi connectivity index (χ4v) is 2.16. The molecule has 0 aliphatic heterocycles. The highest BCUT2D eigenvalue weighted by atomic mass is 32.2. The molecule has 0 fully saturated rings. The van der Waals surface area contributed by atoms with Gasteiger partial charge < -0.3 is 10.9 Å². The van der Waals surface area contributed by atoms with Crippen molar-refractivity contribution in [2.75, 3.05) is 6.26 Å². The Morgan fingerprint density at radius 2 is 2.06 bits per heavy atom. The van der Waals surface area contributed by atoms with Crippen LogP contribution in [0.3, 0.4) is 0 Å². The summed E-state index contributed by atoms with van der Waals surface area (Å²) in [6, 6.07) is 7.01. The second-order valence-corrected chi connectivity index (χ2v) is 5.80. The zero-order chi connectivity index (χ0) is 12.2. The van der Waals surface area contributed by atoms with Crippen molar-refractivity contribution in [3.8, 4) is 0 Å². The second kappa shape index (κ2) is 4.98. The van der Waals surface area contributed by atoms with Gasteiger partial charge in [-0.25, -0.2) is 8.42 Å². The second-order valence-electron chi connectivity index (χ2n) is 3.66. The molecule has 16 heavy (non-hydrogen) atoms. The van der Waals surface area contributed by atoms with E-state index in [0.717, 1.165) is 5.56 Å². The van der Waals surface area contributed by atoms with E-state index in [1.807, 2.05) is 0 Å². The lowest BCUT2D eigenvalue weighted by atomic mass is 10.1. The third-order valence-electron chi connectivity index (χ3n) is 1.93. The van der Waals surface area contributed by atoms with Crippen LogP contribution >= 0.6 is 0 Å². The molecule has 5 nitrogen and oxygen atoms in total. The molecule has 1 rings (SSSR count). The summed E-state index contributed by atoms with van der Waals surface area (Å²) in [4.78, 5) is 0. The summed E-state index contributed by atoms with van der Waals surface area (Å²) in [6.07, 6.45) is 1.48. The molecule has 1 aromatic rings. The quantitative estimate of drug-likeness (QED) is 0.348. The molecular formula is C10H14N2O3S. The number of amidine groups is 1. The molecule has 0 heterocycles. The van der Waals surface area contributed by atoms with Crippen LogP contribution in [-0.2, 0) is 22.0 Å². The summed E-state index contributed by atoms with van der Waals surface area (Å²) in [5.74, 6) is 0.0910. The van der Waals surface area contributed by atoms with Crippen LogP contribution < -0.4 is 5.73 Å². The van der Waals surface area contributed by atoms with Gasteiger partial charge in [0.1, 0.15) is 5.84 Å². The zero-order valence-corrected chi connectivity index (χ0v) is 9.74. The Morgan fingerprint density at radius 3 is 2.62 bits per heavy atom. The van der Waals surface area contributed by atoms with E-state index >= 15 is 0 Å². The predicted molar refractivity (Wildman–Crippen MR) is 62.1 cm³/mol. The van der Waals surface area contributed by atoms with Crippen LogP contribution in [0.4, 0.5) is 0 Å². The van der Waals surface area contributed by atoms with Gasteiger partial charge in [-0.3, -0.25) is 0 Å². The Kier molecular flexibility index (Phi) is 3.89. The summed E-state index contributed by atoms with van der Waals surface area (Å²) in [6.45, 7) is 0. The first-order valence-corrected chi connectivity index (χ1v) is 6.69. The third kappa shape index (κ3) is 4.31. The minimum absolute atomic E-state index is 0.00296. The number of oxime groups is 1. The van der Waals surface area contributed by atoms with E-state index in [2.05, 4.69) is 5.16 Å². The number of nitrogens with two attached hydrogens (primary N) is 1. The molecular weight excluding hydrogens is 228 g/mol. The third-order valence-corrected chi connectivity index (χ3v) is 2.79. The van der Waals surface area contributed by atoms with Gasteiger partial charge in [0.25, 0.3) is 0 Å². The lowest BCUT2D eigenvalue weighted by Crippen LogP contribution is -2.14. The molecule has 0 spiro atoms. The van der Waals surface area contributed by atoms with Crippen LogP contribution in [0.25, 0.3) is 0 Å². The van der Waals surface area contributed by atoms with Crippen LogP contribution in [0.2, 0.25) is 0 Å². The molecule has 0 aliphatic rings. The Balaban J connectivity index is 2.87. The van der Waals surface area contributed by atoms with Crippen LogP contribution in [0.5, 0.6) is 0 Å². The van der Waals surface area contributed by atoms with E-state index in [9.17, 15) is 8.42 Å². The largest absolute Gasteiger partial charge is 0.409 e. The molecule has 6 heteroatoms. The summed E-state index contributed by atoms with van der Waals surface area (Å²) >= 11 is 0. The van der Waals surface area contributed by atoms with Crippen LogP contribution in [0.15, 0.2) is 29.4 Å². The topological polar surface area (TPSA) is 92.8 Å². The van der Waals surface area contributed by atoms with Crippen LogP contribution in [0, 0.1) is 0 Å². The van der Waals surface area contributed by atoms with E-state index in [1.54, 1.807) is 24.3 Å². The number of sulfone groups is 1. The molecule has 1 aromatic carbocycles. The van der Waals surface area contributed by atoms with Crippen molar-refractivity contribution in [2.24, 2.45) is 10.9 Å². The number of hydrogen-bond acceptors (Lipinski definition) is 4. The molecule has 3 N–H and O–H groups in total. The minimum Gasteiger partial charge on any atom is -0.409 e. The summed E-state index contributed by atoms with van der Waals surface area (Å²) in [5, 5.41) is 11.3. The molecule has 0 atom stereocenters. The first kappa shape index (κ1) is 12.5. The first-order valence-electron chi connectivity index (χ1n) is 4.62. The van der Waals surface area contributed by atoms with Gasteiger partial charge in [0.2, 0.25) is 0 Å². The first-order chi connectivity index (χ1) is 7.40. The molecule has 0 radical (unpaired) electrons. The highest BCUT2D eigenvalue weighted by Gasteiger charge is 2.05. The molecule has 0 saturated heterocycles. The normalized spacial score (nSPS) is 12.7. The van der Waals surface area contributed by atoms with Crippen molar-refractivity contribution in [1.29, 1.82) is 0 Å². The van der Waals surface area contributed by atoms with Gasteiger partial charge in [-0.05, 0) is 11.1 Å². The van der Waals surface area contributed by atoms with Gasteiger partial charge in [-0.1, -0.05) is 29.4 Å². The van der Waals surface area contributed by atoms with Gasteiger partial charge >= 0.3 is 0 Å². The summed E-state index contributed by atoms with van der Waals surface area (Å²) in [5.41, 5.74) is 6.88. The Bertz CT molecular complexity index is 495. The Labute approximate surface area is 94.5 Å². The maximum absolute atomic E-state index is 11.1. The maximum Gasteiger partial charge on any atom is 0.151 e. The van der Waals surface area contributed by atoms with Crippen molar-refractivity contribution in [3.63, 3.8) is 0 Å². The predicted octanol–water partition coefficient (Wildman–Crippen LogP) is 0.520. The highest BCUT2D eigenvalue weighted by molar-refractivity contribution is 7.89. The van der Waals surface area contributed by atoms with Gasteiger partial charge in [-0.15, -0.1) is 0 Å². The molecule has 0 saturated carbocycles. The summed E-state index contributed by atoms with van der Waals surface area (Å²) in [7, 11) is -3.04. The number of nitrogens with zero attached hydrogens (tertiary/aromatic N) is 1. The van der Waals surface area contributed by atoms with E-state index in [0.29, 0.717) is 12.0 Å². The highest BCUT2D eigenvalue weighted by Crippen LogP contribution is 2.09. The molecule has 0 bridgehead atoms. The SMILES string of the molecule is CS(=O)(=O)Cc1cccc(C/C(N)=N/O)c1. The van der Waals surface area contributed by atoms with E-state index in [4.69, 9.17) is 10.9 Å². The molecule has 0 aliphatic carbocycles. The van der Waals surface area contributed by atoms with Gasteiger partial charge in [-0.2, -0.15) is 0 Å². The fraction of sp³-hybridized carbons (Fsp3) is 0.300. The lowest BCUT2D eigenvalue weighted by molar-refractivity contribution is 0.317. The molecule has 0 aromatic heterocycles. The Hall–Kier alpha value is -1.56. The van der Waals surface area contributed by atoms with Crippen molar-refractivity contribution < 1.29 is 13.6 Å². The minimum atomic E-state index is -3.04. The van der Waals surface area contributed by atoms with Gasteiger partial charge in [0, 0.05) is 12.7 Å². The van der Waals surface area contributed by atoms with E-state index in [1.165, 1.54) is 6.26 Å². The standard InChI is InChI=1S/C10H14N2O3S/c1-16(14,15)7-9-4-2-3-8(5-9)6-10(11)12-13/h2-5,13H,6-7H2,1H3,(H2,11,12). The lowest BCUT2D eigenvalue weighted by Gasteiger charge is -2.03. The number of benzene rings is 1. The van der Waals surface area contributed by atoms with Crippen molar-refractivity contribution in [2.45, 2.75) is 12.2 Å². The van der Waals surface area contributed by atoms with Crippen LogP contribution in [0.1, 0.15) is 11.1 Å². The fourth-order valence-electron chi connectivity index (χ4n) is 1.38. The average Bonchev–Trinajstić information content (AvgIpc) is 2.15. The zero-order valence-electron chi connectivity index (χ0n) is 8.92. The average molecular weight is 242 g/mol. The molecule has 0 amide bonds.